The van der Waals surface area contributed by atoms with E-state index < -0.39 is 5.97 Å². The predicted molar refractivity (Wildman–Crippen MR) is 60.9 cm³/mol. The molecule has 16 heavy (non-hydrogen) atoms. The van der Waals surface area contributed by atoms with Crippen LogP contribution in [0, 0.1) is 0 Å². The van der Waals surface area contributed by atoms with E-state index in [-0.39, 0.29) is 12.0 Å². The zero-order valence-corrected chi connectivity index (χ0v) is 8.94. The molecule has 5 heteroatoms. The first-order valence-corrected chi connectivity index (χ1v) is 4.97. The molecule has 0 fully saturated rings. The Balaban J connectivity index is 2.81. The van der Waals surface area contributed by atoms with Crippen molar-refractivity contribution < 1.29 is 9.90 Å². The van der Waals surface area contributed by atoms with Gasteiger partial charge in [0.25, 0.3) is 0 Å². The van der Waals surface area contributed by atoms with Gasteiger partial charge in [0, 0.05) is 17.6 Å². The molecule has 1 aromatic heterocycles. The fraction of sp³-hybridized carbons (Fsp3) is 0.0909. The summed E-state index contributed by atoms with van der Waals surface area (Å²) >= 11 is 5.96. The van der Waals surface area contributed by atoms with E-state index in [9.17, 15) is 9.59 Å². The normalized spacial score (nSPS) is 10.6. The molecule has 0 saturated carbocycles. The number of carboxylic acids is 1. The molecule has 1 N–H and O–H groups in total. The van der Waals surface area contributed by atoms with E-state index in [1.165, 1.54) is 16.8 Å². The third-order valence-corrected chi connectivity index (χ3v) is 2.56. The molecule has 0 unspecified atom stereocenters. The monoisotopic (exact) mass is 237 g/mol. The maximum absolute atomic E-state index is 11.5. The molecule has 0 bridgehead atoms. The van der Waals surface area contributed by atoms with E-state index in [0.29, 0.717) is 15.9 Å². The van der Waals surface area contributed by atoms with Crippen molar-refractivity contribution in [3.63, 3.8) is 0 Å². The number of pyridine rings is 1. The minimum absolute atomic E-state index is 0.167. The van der Waals surface area contributed by atoms with Crippen LogP contribution in [-0.4, -0.2) is 15.6 Å². The molecule has 4 nitrogen and oxygen atoms in total. The van der Waals surface area contributed by atoms with Gasteiger partial charge < -0.3 is 9.67 Å². The number of hydrogen-bond acceptors (Lipinski definition) is 2. The average Bonchev–Trinajstić information content (AvgIpc) is 2.22. The molecule has 2 rings (SSSR count). The quantitative estimate of drug-likeness (QED) is 0.866. The van der Waals surface area contributed by atoms with Crippen molar-refractivity contribution in [3.05, 3.63) is 45.7 Å². The molecule has 0 aliphatic heterocycles. The van der Waals surface area contributed by atoms with Crippen molar-refractivity contribution in [3.8, 4) is 0 Å². The Morgan fingerprint density at radius 3 is 2.81 bits per heavy atom. The minimum atomic E-state index is -0.982. The molecule has 0 amide bonds. The van der Waals surface area contributed by atoms with Gasteiger partial charge in [-0.15, -0.1) is 0 Å². The van der Waals surface area contributed by atoms with E-state index in [1.54, 1.807) is 18.2 Å². The second-order valence-corrected chi connectivity index (χ2v) is 3.74. The molecule has 0 aliphatic carbocycles. The number of aromatic nitrogens is 1. The van der Waals surface area contributed by atoms with E-state index in [1.807, 2.05) is 0 Å². The van der Waals surface area contributed by atoms with Gasteiger partial charge in [-0.25, -0.2) is 0 Å². The fourth-order valence-electron chi connectivity index (χ4n) is 1.61. The Bertz CT molecular complexity index is 618. The highest BCUT2D eigenvalue weighted by molar-refractivity contribution is 6.35. The number of fused-ring (bicyclic) bond motifs is 1. The van der Waals surface area contributed by atoms with Crippen LogP contribution in [0.1, 0.15) is 0 Å². The van der Waals surface area contributed by atoms with E-state index in [4.69, 9.17) is 16.7 Å². The molecule has 0 radical (unpaired) electrons. The highest BCUT2D eigenvalue weighted by Crippen LogP contribution is 2.20. The molecule has 1 heterocycles. The maximum Gasteiger partial charge on any atom is 0.323 e. The lowest BCUT2D eigenvalue weighted by molar-refractivity contribution is -0.137. The van der Waals surface area contributed by atoms with Crippen molar-refractivity contribution >= 4 is 28.5 Å². The van der Waals surface area contributed by atoms with Crippen LogP contribution < -0.4 is 5.43 Å². The van der Waals surface area contributed by atoms with Crippen molar-refractivity contribution in [2.45, 2.75) is 6.54 Å². The summed E-state index contributed by atoms with van der Waals surface area (Å²) in [6.45, 7) is -0.222. The largest absolute Gasteiger partial charge is 0.480 e. The fourth-order valence-corrected chi connectivity index (χ4v) is 1.89. The van der Waals surface area contributed by atoms with Gasteiger partial charge in [-0.2, -0.15) is 0 Å². The first-order chi connectivity index (χ1) is 7.59. The summed E-state index contributed by atoms with van der Waals surface area (Å²) in [5.74, 6) is -0.982. The van der Waals surface area contributed by atoms with Crippen molar-refractivity contribution in [2.24, 2.45) is 0 Å². The summed E-state index contributed by atoms with van der Waals surface area (Å²) < 4.78 is 1.45. The van der Waals surface area contributed by atoms with Gasteiger partial charge in [0.15, 0.2) is 5.43 Å². The minimum Gasteiger partial charge on any atom is -0.480 e. The lowest BCUT2D eigenvalue weighted by Gasteiger charge is -2.09. The first kappa shape index (κ1) is 10.7. The summed E-state index contributed by atoms with van der Waals surface area (Å²) in [5, 5.41) is 9.54. The van der Waals surface area contributed by atoms with E-state index >= 15 is 0 Å². The van der Waals surface area contributed by atoms with Crippen molar-refractivity contribution in [2.75, 3.05) is 0 Å². The summed E-state index contributed by atoms with van der Waals surface area (Å²) in [4.78, 5) is 22.2. The number of para-hydroxylation sites is 1. The molecular weight excluding hydrogens is 230 g/mol. The molecule has 0 atom stereocenters. The molecular formula is C11H8ClNO3. The second kappa shape index (κ2) is 3.98. The van der Waals surface area contributed by atoms with E-state index in [2.05, 4.69) is 0 Å². The number of halogens is 1. The average molecular weight is 238 g/mol. The molecule has 2 aromatic rings. The van der Waals surface area contributed by atoms with Crippen LogP contribution in [0.15, 0.2) is 35.3 Å². The highest BCUT2D eigenvalue weighted by Gasteiger charge is 2.08. The van der Waals surface area contributed by atoms with Gasteiger partial charge in [-0.1, -0.05) is 17.7 Å². The Morgan fingerprint density at radius 1 is 1.38 bits per heavy atom. The summed E-state index contributed by atoms with van der Waals surface area (Å²) in [6.07, 6.45) is 1.44. The number of rotatable bonds is 2. The summed E-state index contributed by atoms with van der Waals surface area (Å²) in [6, 6.07) is 6.25. The zero-order valence-electron chi connectivity index (χ0n) is 8.18. The first-order valence-electron chi connectivity index (χ1n) is 4.59. The second-order valence-electron chi connectivity index (χ2n) is 3.34. The van der Waals surface area contributed by atoms with Gasteiger partial charge in [0.2, 0.25) is 0 Å². The standard InChI is InChI=1S/C11H8ClNO3/c12-8-3-1-2-7-9(14)4-5-13(11(7)8)6-10(15)16/h1-5H,6H2,(H,15,16). The van der Waals surface area contributed by atoms with Crippen molar-refractivity contribution in [1.29, 1.82) is 0 Å². The number of benzene rings is 1. The zero-order chi connectivity index (χ0) is 11.7. The van der Waals surface area contributed by atoms with Crippen LogP contribution in [0.3, 0.4) is 0 Å². The van der Waals surface area contributed by atoms with Gasteiger partial charge >= 0.3 is 5.97 Å². The van der Waals surface area contributed by atoms with Gasteiger partial charge in [-0.3, -0.25) is 9.59 Å². The molecule has 1 aromatic carbocycles. The third kappa shape index (κ3) is 1.79. The smallest absolute Gasteiger partial charge is 0.323 e. The lowest BCUT2D eigenvalue weighted by atomic mass is 10.2. The Labute approximate surface area is 95.7 Å². The number of nitrogens with zero attached hydrogens (tertiary/aromatic N) is 1. The predicted octanol–water partition coefficient (Wildman–Crippen LogP) is 1.74. The Kier molecular flexibility index (Phi) is 2.66. The van der Waals surface area contributed by atoms with E-state index in [0.717, 1.165) is 0 Å². The number of carboxylic acid groups (broad SMARTS) is 1. The van der Waals surface area contributed by atoms with Crippen LogP contribution in [-0.2, 0) is 11.3 Å². The third-order valence-electron chi connectivity index (χ3n) is 2.25. The topological polar surface area (TPSA) is 59.3 Å². The molecule has 82 valence electrons. The molecule has 0 aliphatic rings. The number of hydrogen-bond donors (Lipinski definition) is 1. The lowest BCUT2D eigenvalue weighted by Crippen LogP contribution is -2.13. The van der Waals surface area contributed by atoms with Crippen molar-refractivity contribution in [1.82, 2.24) is 4.57 Å². The van der Waals surface area contributed by atoms with Crippen LogP contribution >= 0.6 is 11.6 Å². The van der Waals surface area contributed by atoms with Gasteiger partial charge in [0.05, 0.1) is 10.5 Å². The van der Waals surface area contributed by atoms with Crippen LogP contribution in [0.5, 0.6) is 0 Å². The number of carbonyl (C=O) groups is 1. The maximum atomic E-state index is 11.5. The number of aliphatic carboxylic acids is 1. The molecule has 0 saturated heterocycles. The van der Waals surface area contributed by atoms with Crippen LogP contribution in [0.4, 0.5) is 0 Å². The Hall–Kier alpha value is -1.81. The van der Waals surface area contributed by atoms with Crippen LogP contribution in [0.25, 0.3) is 10.9 Å². The van der Waals surface area contributed by atoms with Gasteiger partial charge in [-0.05, 0) is 12.1 Å². The van der Waals surface area contributed by atoms with Gasteiger partial charge in [0.1, 0.15) is 6.54 Å². The Morgan fingerprint density at radius 2 is 2.12 bits per heavy atom. The van der Waals surface area contributed by atoms with Crippen LogP contribution in [0.2, 0.25) is 5.02 Å². The summed E-state index contributed by atoms with van der Waals surface area (Å²) in [5.41, 5.74) is 0.290. The SMILES string of the molecule is O=C(O)Cn1ccc(=O)c2cccc(Cl)c21. The highest BCUT2D eigenvalue weighted by atomic mass is 35.5. The molecule has 0 spiro atoms. The summed E-state index contributed by atoms with van der Waals surface area (Å²) in [7, 11) is 0.